The molecular weight excluding hydrogens is 384 g/mol. The van der Waals surface area contributed by atoms with Crippen molar-refractivity contribution in [3.05, 3.63) is 36.0 Å². The molecule has 0 saturated carbocycles. The fourth-order valence-corrected chi connectivity index (χ4v) is 5.93. The molecule has 0 aromatic heterocycles. The molecule has 2 bridgehead atoms. The van der Waals surface area contributed by atoms with Gasteiger partial charge in [-0.3, -0.25) is 0 Å². The molecule has 0 heteroatoms. The monoisotopic (exact) mass is 440 g/mol. The lowest BCUT2D eigenvalue weighted by atomic mass is 9.72. The highest BCUT2D eigenvalue weighted by molar-refractivity contribution is 5.11. The van der Waals surface area contributed by atoms with Crippen LogP contribution < -0.4 is 0 Å². The Morgan fingerprint density at radius 1 is 0.594 bits per heavy atom. The molecule has 2 aliphatic carbocycles. The third-order valence-electron chi connectivity index (χ3n) is 7.98. The summed E-state index contributed by atoms with van der Waals surface area (Å²) in [7, 11) is 0. The highest BCUT2D eigenvalue weighted by atomic mass is 14.3. The largest absolute Gasteiger partial charge is 0.0882 e. The van der Waals surface area contributed by atoms with Crippen LogP contribution in [0, 0.1) is 5.41 Å². The highest BCUT2D eigenvalue weighted by Gasteiger charge is 2.27. The molecular formula is C32H56. The first-order valence-corrected chi connectivity index (χ1v) is 14.9. The summed E-state index contributed by atoms with van der Waals surface area (Å²) < 4.78 is 0. The van der Waals surface area contributed by atoms with Crippen LogP contribution >= 0.6 is 0 Å². The minimum atomic E-state index is 0.503. The molecule has 0 spiro atoms. The van der Waals surface area contributed by atoms with E-state index in [1.165, 1.54) is 148 Å². The maximum Gasteiger partial charge on any atom is -0.0116 e. The van der Waals surface area contributed by atoms with Crippen LogP contribution in [0.5, 0.6) is 0 Å². The summed E-state index contributed by atoms with van der Waals surface area (Å²) in [6.07, 6.45) is 46.2. The maximum absolute atomic E-state index is 2.90. The second kappa shape index (κ2) is 18.6. The summed E-state index contributed by atoms with van der Waals surface area (Å²) in [5, 5.41) is 0. The van der Waals surface area contributed by atoms with E-state index in [2.05, 4.69) is 37.3 Å². The normalized spacial score (nSPS) is 30.2. The van der Waals surface area contributed by atoms with Crippen LogP contribution in [0.3, 0.4) is 0 Å². The number of rotatable bonds is 3. The van der Waals surface area contributed by atoms with Crippen molar-refractivity contribution >= 4 is 0 Å². The van der Waals surface area contributed by atoms with Crippen molar-refractivity contribution in [3.8, 4) is 0 Å². The molecule has 0 heterocycles. The summed E-state index contributed by atoms with van der Waals surface area (Å²) >= 11 is 0. The van der Waals surface area contributed by atoms with Crippen LogP contribution in [0.25, 0.3) is 0 Å². The molecule has 184 valence electrons. The van der Waals surface area contributed by atoms with Crippen molar-refractivity contribution in [1.29, 1.82) is 0 Å². The molecule has 0 nitrogen and oxygen atoms in total. The van der Waals surface area contributed by atoms with E-state index in [0.29, 0.717) is 5.41 Å². The average Bonchev–Trinajstić information content (AvgIpc) is 2.84. The molecule has 0 aromatic carbocycles. The average molecular weight is 441 g/mol. The van der Waals surface area contributed by atoms with E-state index in [0.717, 1.165) is 6.42 Å². The Labute approximate surface area is 202 Å². The molecule has 2 aliphatic rings. The molecule has 0 aliphatic heterocycles. The molecule has 0 amide bonds. The van der Waals surface area contributed by atoms with E-state index in [9.17, 15) is 0 Å². The van der Waals surface area contributed by atoms with E-state index in [-0.39, 0.29) is 0 Å². The Balaban J connectivity index is 2.10. The lowest BCUT2D eigenvalue weighted by molar-refractivity contribution is 0.266. The standard InChI is InChI=1S/C32H56/c1-2-3-27-32-28-23-19-15-12-10-8-6-4-5-7-9-11-13-17-21-25-31(30-32)26-22-18-14-16-20-24-29-32/h4,6,10,12,30H,2-3,5,7-9,11,13-29H2,1H3/b6-4-,12-10-,31-30+. The predicted octanol–water partition coefficient (Wildman–Crippen LogP) is 11.4. The Bertz CT molecular complexity index is 522. The first-order chi connectivity index (χ1) is 15.8. The van der Waals surface area contributed by atoms with Crippen molar-refractivity contribution in [2.45, 2.75) is 161 Å². The second-order valence-electron chi connectivity index (χ2n) is 11.0. The molecule has 0 N–H and O–H groups in total. The summed E-state index contributed by atoms with van der Waals surface area (Å²) in [5.74, 6) is 0. The SMILES string of the molecule is CCCCC12/C=C(\CCCCCCCC/C=C\C/C=C\CCCC1)CCCCCCCC2. The summed E-state index contributed by atoms with van der Waals surface area (Å²) in [5.41, 5.74) is 2.35. The van der Waals surface area contributed by atoms with E-state index in [1.54, 1.807) is 0 Å². The van der Waals surface area contributed by atoms with Crippen LogP contribution in [0.2, 0.25) is 0 Å². The molecule has 0 saturated heterocycles. The van der Waals surface area contributed by atoms with Crippen molar-refractivity contribution in [1.82, 2.24) is 0 Å². The number of fused-ring (bicyclic) bond motifs is 1. The fraction of sp³-hybridized carbons (Fsp3) is 0.812. The molecule has 0 radical (unpaired) electrons. The molecule has 0 aromatic rings. The van der Waals surface area contributed by atoms with Gasteiger partial charge in [0, 0.05) is 0 Å². The predicted molar refractivity (Wildman–Crippen MR) is 145 cm³/mol. The summed E-state index contributed by atoms with van der Waals surface area (Å²) in [6, 6.07) is 0. The zero-order chi connectivity index (χ0) is 22.6. The molecule has 1 unspecified atom stereocenters. The van der Waals surface area contributed by atoms with Crippen molar-refractivity contribution < 1.29 is 0 Å². The van der Waals surface area contributed by atoms with Crippen molar-refractivity contribution in [2.24, 2.45) is 5.41 Å². The lowest BCUT2D eigenvalue weighted by Crippen LogP contribution is -2.19. The van der Waals surface area contributed by atoms with Gasteiger partial charge < -0.3 is 0 Å². The number of allylic oxidation sites excluding steroid dienone is 6. The Hall–Kier alpha value is -0.780. The van der Waals surface area contributed by atoms with Gasteiger partial charge in [-0.25, -0.2) is 0 Å². The minimum absolute atomic E-state index is 0.503. The smallest absolute Gasteiger partial charge is 0.0116 e. The van der Waals surface area contributed by atoms with Crippen molar-refractivity contribution in [3.63, 3.8) is 0 Å². The van der Waals surface area contributed by atoms with Gasteiger partial charge in [0.1, 0.15) is 0 Å². The van der Waals surface area contributed by atoms with Gasteiger partial charge in [0.2, 0.25) is 0 Å². The number of hydrogen-bond donors (Lipinski definition) is 0. The van der Waals surface area contributed by atoms with Gasteiger partial charge >= 0.3 is 0 Å². The highest BCUT2D eigenvalue weighted by Crippen LogP contribution is 2.41. The Kier molecular flexibility index (Phi) is 16.0. The van der Waals surface area contributed by atoms with Gasteiger partial charge in [-0.15, -0.1) is 0 Å². The van der Waals surface area contributed by atoms with Gasteiger partial charge in [0.15, 0.2) is 0 Å². The second-order valence-corrected chi connectivity index (χ2v) is 11.0. The topological polar surface area (TPSA) is 0 Å². The number of hydrogen-bond acceptors (Lipinski definition) is 0. The van der Waals surface area contributed by atoms with Gasteiger partial charge in [-0.05, 0) is 82.5 Å². The van der Waals surface area contributed by atoms with Gasteiger partial charge in [-0.2, -0.15) is 0 Å². The molecule has 32 heavy (non-hydrogen) atoms. The first kappa shape index (κ1) is 27.5. The van der Waals surface area contributed by atoms with Crippen LogP contribution in [-0.4, -0.2) is 0 Å². The van der Waals surface area contributed by atoms with E-state index >= 15 is 0 Å². The van der Waals surface area contributed by atoms with E-state index < -0.39 is 0 Å². The zero-order valence-corrected chi connectivity index (χ0v) is 21.9. The molecule has 2 rings (SSSR count). The van der Waals surface area contributed by atoms with Crippen LogP contribution in [0.4, 0.5) is 0 Å². The Morgan fingerprint density at radius 3 is 1.72 bits per heavy atom. The van der Waals surface area contributed by atoms with Crippen LogP contribution in [-0.2, 0) is 0 Å². The van der Waals surface area contributed by atoms with E-state index in [4.69, 9.17) is 0 Å². The molecule has 0 fully saturated rings. The van der Waals surface area contributed by atoms with E-state index in [1.807, 2.05) is 5.57 Å². The van der Waals surface area contributed by atoms with Gasteiger partial charge in [0.25, 0.3) is 0 Å². The third kappa shape index (κ3) is 13.1. The fourth-order valence-electron chi connectivity index (χ4n) is 5.93. The van der Waals surface area contributed by atoms with Gasteiger partial charge in [-0.1, -0.05) is 120 Å². The molecule has 1 atom stereocenters. The summed E-state index contributed by atoms with van der Waals surface area (Å²) in [6.45, 7) is 2.39. The number of unbranched alkanes of at least 4 members (excludes halogenated alkanes) is 1. The minimum Gasteiger partial charge on any atom is -0.0882 e. The van der Waals surface area contributed by atoms with Gasteiger partial charge in [0.05, 0.1) is 0 Å². The maximum atomic E-state index is 2.90. The van der Waals surface area contributed by atoms with Crippen LogP contribution in [0.1, 0.15) is 161 Å². The first-order valence-electron chi connectivity index (χ1n) is 14.9. The summed E-state index contributed by atoms with van der Waals surface area (Å²) in [4.78, 5) is 0. The Morgan fingerprint density at radius 2 is 1.09 bits per heavy atom. The zero-order valence-electron chi connectivity index (χ0n) is 21.9. The van der Waals surface area contributed by atoms with Crippen LogP contribution in [0.15, 0.2) is 36.0 Å². The third-order valence-corrected chi connectivity index (χ3v) is 7.98. The quantitative estimate of drug-likeness (QED) is 0.383. The van der Waals surface area contributed by atoms with Crippen molar-refractivity contribution in [2.75, 3.05) is 0 Å². The lowest BCUT2D eigenvalue weighted by Gasteiger charge is -2.33.